The van der Waals surface area contributed by atoms with E-state index in [0.29, 0.717) is 0 Å². The van der Waals surface area contributed by atoms with Crippen LogP contribution in [-0.2, 0) is 0 Å². The Bertz CT molecular complexity index is 396. The van der Waals surface area contributed by atoms with Crippen LogP contribution >= 0.6 is 38.5 Å². The van der Waals surface area contributed by atoms with Crippen LogP contribution in [-0.4, -0.2) is 9.61 Å². The SMILES string of the molecule is Brc1ccc2c(I)cnn2c1. The van der Waals surface area contributed by atoms with E-state index in [0.717, 1.165) is 9.99 Å². The van der Waals surface area contributed by atoms with Gasteiger partial charge in [0, 0.05) is 10.7 Å². The third-order valence-corrected chi connectivity index (χ3v) is 2.73. The molecule has 56 valence electrons. The first kappa shape index (κ1) is 7.54. The quantitative estimate of drug-likeness (QED) is 0.682. The highest BCUT2D eigenvalue weighted by Crippen LogP contribution is 2.16. The van der Waals surface area contributed by atoms with Gasteiger partial charge >= 0.3 is 0 Å². The molecule has 0 aliphatic carbocycles. The lowest BCUT2D eigenvalue weighted by atomic mass is 10.4. The van der Waals surface area contributed by atoms with Crippen LogP contribution in [0.3, 0.4) is 0 Å². The Morgan fingerprint density at radius 1 is 1.45 bits per heavy atom. The van der Waals surface area contributed by atoms with Crippen molar-refractivity contribution in [1.82, 2.24) is 9.61 Å². The van der Waals surface area contributed by atoms with E-state index in [9.17, 15) is 0 Å². The van der Waals surface area contributed by atoms with Crippen LogP contribution in [0.4, 0.5) is 0 Å². The van der Waals surface area contributed by atoms with E-state index in [1.54, 1.807) is 0 Å². The van der Waals surface area contributed by atoms with Crippen molar-refractivity contribution in [1.29, 1.82) is 0 Å². The molecule has 0 unspecified atom stereocenters. The van der Waals surface area contributed by atoms with E-state index in [-0.39, 0.29) is 0 Å². The Kier molecular flexibility index (Phi) is 1.88. The van der Waals surface area contributed by atoms with Crippen LogP contribution in [0.25, 0.3) is 5.52 Å². The van der Waals surface area contributed by atoms with E-state index in [1.807, 2.05) is 29.0 Å². The summed E-state index contributed by atoms with van der Waals surface area (Å²) in [6.45, 7) is 0. The highest BCUT2D eigenvalue weighted by molar-refractivity contribution is 14.1. The molecular formula is C7H4BrIN2. The van der Waals surface area contributed by atoms with Gasteiger partial charge in [-0.1, -0.05) is 0 Å². The maximum Gasteiger partial charge on any atom is 0.0796 e. The highest BCUT2D eigenvalue weighted by Gasteiger charge is 1.98. The molecule has 2 heterocycles. The van der Waals surface area contributed by atoms with Gasteiger partial charge in [-0.3, -0.25) is 0 Å². The summed E-state index contributed by atoms with van der Waals surface area (Å²) >= 11 is 5.64. The lowest BCUT2D eigenvalue weighted by molar-refractivity contribution is 0.956. The fourth-order valence-electron chi connectivity index (χ4n) is 0.928. The van der Waals surface area contributed by atoms with Gasteiger partial charge in [-0.2, -0.15) is 5.10 Å². The molecular weight excluding hydrogens is 319 g/mol. The Morgan fingerprint density at radius 3 is 3.09 bits per heavy atom. The summed E-state index contributed by atoms with van der Waals surface area (Å²) in [5.74, 6) is 0. The zero-order chi connectivity index (χ0) is 7.84. The predicted molar refractivity (Wildman–Crippen MR) is 55.6 cm³/mol. The Balaban J connectivity index is 2.86. The third-order valence-electron chi connectivity index (χ3n) is 1.43. The molecule has 0 aromatic carbocycles. The number of rotatable bonds is 0. The molecule has 0 aliphatic rings. The van der Waals surface area contributed by atoms with Gasteiger partial charge in [0.05, 0.1) is 15.3 Å². The smallest absolute Gasteiger partial charge is 0.0796 e. The average molecular weight is 323 g/mol. The van der Waals surface area contributed by atoms with Crippen molar-refractivity contribution in [3.8, 4) is 0 Å². The van der Waals surface area contributed by atoms with Crippen LogP contribution in [0.2, 0.25) is 0 Å². The number of hydrogen-bond donors (Lipinski definition) is 0. The van der Waals surface area contributed by atoms with Crippen LogP contribution < -0.4 is 0 Å². The molecule has 2 nitrogen and oxygen atoms in total. The van der Waals surface area contributed by atoms with Gasteiger partial charge in [-0.25, -0.2) is 4.52 Å². The lowest BCUT2D eigenvalue weighted by Crippen LogP contribution is -1.84. The minimum atomic E-state index is 1.05. The summed E-state index contributed by atoms with van der Waals surface area (Å²) in [7, 11) is 0. The van der Waals surface area contributed by atoms with Gasteiger partial charge in [0.2, 0.25) is 0 Å². The Labute approximate surface area is 85.9 Å². The van der Waals surface area contributed by atoms with Crippen molar-refractivity contribution in [3.05, 3.63) is 32.6 Å². The van der Waals surface area contributed by atoms with Crippen LogP contribution in [0.1, 0.15) is 0 Å². The summed E-state index contributed by atoms with van der Waals surface area (Å²) in [5, 5.41) is 4.16. The van der Waals surface area contributed by atoms with Crippen LogP contribution in [0.15, 0.2) is 29.0 Å². The van der Waals surface area contributed by atoms with Gasteiger partial charge in [-0.15, -0.1) is 0 Å². The predicted octanol–water partition coefficient (Wildman–Crippen LogP) is 2.70. The number of hydrogen-bond acceptors (Lipinski definition) is 1. The first-order chi connectivity index (χ1) is 5.27. The van der Waals surface area contributed by atoms with Crippen LogP contribution in [0.5, 0.6) is 0 Å². The van der Waals surface area contributed by atoms with Crippen molar-refractivity contribution in [2.24, 2.45) is 0 Å². The van der Waals surface area contributed by atoms with Crippen molar-refractivity contribution >= 4 is 44.0 Å². The number of nitrogens with zero attached hydrogens (tertiary/aromatic N) is 2. The summed E-state index contributed by atoms with van der Waals surface area (Å²) in [5.41, 5.74) is 1.15. The maximum atomic E-state index is 4.16. The summed E-state index contributed by atoms with van der Waals surface area (Å²) in [6, 6.07) is 4.05. The molecule has 0 N–H and O–H groups in total. The first-order valence-corrected chi connectivity index (χ1v) is 4.93. The number of halogens is 2. The summed E-state index contributed by atoms with van der Waals surface area (Å²) in [4.78, 5) is 0. The normalized spacial score (nSPS) is 10.7. The number of aromatic nitrogens is 2. The molecule has 0 bridgehead atoms. The molecule has 2 aromatic rings. The minimum absolute atomic E-state index is 1.05. The largest absolute Gasteiger partial charge is 0.239 e. The molecule has 0 aliphatic heterocycles. The fraction of sp³-hybridized carbons (Fsp3) is 0. The van der Waals surface area contributed by atoms with E-state index in [2.05, 4.69) is 43.6 Å². The van der Waals surface area contributed by atoms with Gasteiger partial charge in [-0.05, 0) is 50.7 Å². The maximum absolute atomic E-state index is 4.16. The van der Waals surface area contributed by atoms with Gasteiger partial charge in [0.25, 0.3) is 0 Å². The van der Waals surface area contributed by atoms with E-state index in [4.69, 9.17) is 0 Å². The average Bonchev–Trinajstić information content (AvgIpc) is 2.32. The highest BCUT2D eigenvalue weighted by atomic mass is 127. The number of fused-ring (bicyclic) bond motifs is 1. The van der Waals surface area contributed by atoms with Crippen molar-refractivity contribution in [2.75, 3.05) is 0 Å². The molecule has 0 saturated heterocycles. The fourth-order valence-corrected chi connectivity index (χ4v) is 1.81. The zero-order valence-electron chi connectivity index (χ0n) is 5.46. The zero-order valence-corrected chi connectivity index (χ0v) is 9.20. The van der Waals surface area contributed by atoms with Gasteiger partial charge in [0.15, 0.2) is 0 Å². The first-order valence-electron chi connectivity index (χ1n) is 3.06. The van der Waals surface area contributed by atoms with Crippen molar-refractivity contribution in [3.63, 3.8) is 0 Å². The molecule has 0 atom stereocenters. The summed E-state index contributed by atoms with van der Waals surface area (Å²) in [6.07, 6.45) is 3.79. The topological polar surface area (TPSA) is 17.3 Å². The monoisotopic (exact) mass is 322 g/mol. The van der Waals surface area contributed by atoms with Gasteiger partial charge in [0.1, 0.15) is 0 Å². The van der Waals surface area contributed by atoms with Crippen molar-refractivity contribution in [2.45, 2.75) is 0 Å². The van der Waals surface area contributed by atoms with E-state index in [1.165, 1.54) is 3.57 Å². The molecule has 0 spiro atoms. The molecule has 0 radical (unpaired) electrons. The molecule has 4 heteroatoms. The van der Waals surface area contributed by atoms with Gasteiger partial charge < -0.3 is 0 Å². The second-order valence-corrected chi connectivity index (χ2v) is 4.25. The third kappa shape index (κ3) is 1.29. The molecule has 0 saturated carbocycles. The second-order valence-electron chi connectivity index (χ2n) is 2.17. The molecule has 11 heavy (non-hydrogen) atoms. The van der Waals surface area contributed by atoms with Crippen molar-refractivity contribution < 1.29 is 0 Å². The van der Waals surface area contributed by atoms with E-state index < -0.39 is 0 Å². The minimum Gasteiger partial charge on any atom is -0.239 e. The summed E-state index contributed by atoms with van der Waals surface area (Å²) < 4.78 is 4.07. The molecule has 0 amide bonds. The second kappa shape index (κ2) is 2.75. The molecule has 2 rings (SSSR count). The Morgan fingerprint density at radius 2 is 2.27 bits per heavy atom. The Hall–Kier alpha value is -0.100. The van der Waals surface area contributed by atoms with E-state index >= 15 is 0 Å². The lowest BCUT2D eigenvalue weighted by Gasteiger charge is -1.92. The standard InChI is InChI=1S/C7H4BrIN2/c8-5-1-2-7-6(9)3-10-11(7)4-5/h1-4H. The number of pyridine rings is 1. The molecule has 2 aromatic heterocycles. The van der Waals surface area contributed by atoms with Crippen LogP contribution in [0, 0.1) is 3.57 Å². The molecule has 0 fully saturated rings.